The maximum absolute atomic E-state index is 5.95. The monoisotopic (exact) mass is 534 g/mol. The third kappa shape index (κ3) is 4.60. The molecule has 0 amide bonds. The molecule has 0 bridgehead atoms. The quantitative estimate of drug-likeness (QED) is 0.193. The van der Waals surface area contributed by atoms with E-state index in [4.69, 9.17) is 4.42 Å². The van der Waals surface area contributed by atoms with Crippen LogP contribution in [0.5, 0.6) is 0 Å². The molecule has 0 saturated heterocycles. The molecule has 0 N–H and O–H groups in total. The fourth-order valence-corrected chi connectivity index (χ4v) is 4.84. The number of nitrogens with zero attached hydrogens (tertiary/aromatic N) is 2. The minimum Gasteiger partial charge on any atom is -0.462 e. The third-order valence-corrected chi connectivity index (χ3v) is 6.95. The molecule has 0 saturated carbocycles. The summed E-state index contributed by atoms with van der Waals surface area (Å²) in [5.74, 6) is 0. The zero-order valence-electron chi connectivity index (χ0n) is 20.3. The van der Waals surface area contributed by atoms with Crippen molar-refractivity contribution in [1.82, 2.24) is 0 Å². The predicted molar refractivity (Wildman–Crippen MR) is 156 cm³/mol. The van der Waals surface area contributed by atoms with Crippen LogP contribution in [0.25, 0.3) is 11.0 Å². The molecule has 5 aromatic rings. The van der Waals surface area contributed by atoms with E-state index < -0.39 is 0 Å². The van der Waals surface area contributed by atoms with Crippen LogP contribution in [0.15, 0.2) is 142 Å². The molecular formula is C32H27BrN2O. The standard InChI is InChI=1S/C32H27BrN2O/c1-3-29(33)30(4-2)34(24-14-7-5-8-15-24)26-18-13-19-27(22-26)35(25-16-9-6-10-17-25)31-23-36-32-21-12-11-20-28(31)32/h3-23H,1-2H3/b29-3+,30-4+. The summed E-state index contributed by atoms with van der Waals surface area (Å²) in [6.07, 6.45) is 6.04. The molecule has 0 radical (unpaired) electrons. The van der Waals surface area contributed by atoms with Gasteiger partial charge < -0.3 is 14.2 Å². The van der Waals surface area contributed by atoms with Crippen molar-refractivity contribution in [3.8, 4) is 0 Å². The summed E-state index contributed by atoms with van der Waals surface area (Å²) < 4.78 is 6.97. The van der Waals surface area contributed by atoms with E-state index in [2.05, 4.69) is 124 Å². The summed E-state index contributed by atoms with van der Waals surface area (Å²) in [6, 6.07) is 37.6. The van der Waals surface area contributed by atoms with Crippen molar-refractivity contribution in [3.05, 3.63) is 138 Å². The second-order valence-electron chi connectivity index (χ2n) is 8.29. The van der Waals surface area contributed by atoms with Gasteiger partial charge in [-0.15, -0.1) is 0 Å². The Balaban J connectivity index is 1.70. The van der Waals surface area contributed by atoms with E-state index in [9.17, 15) is 0 Å². The van der Waals surface area contributed by atoms with Crippen LogP contribution < -0.4 is 9.80 Å². The van der Waals surface area contributed by atoms with Gasteiger partial charge in [-0.1, -0.05) is 66.7 Å². The molecule has 0 spiro atoms. The summed E-state index contributed by atoms with van der Waals surface area (Å²) in [4.78, 5) is 4.52. The van der Waals surface area contributed by atoms with Crippen LogP contribution in [0.4, 0.5) is 28.4 Å². The highest BCUT2D eigenvalue weighted by molar-refractivity contribution is 9.12. The molecule has 5 rings (SSSR count). The number of hydrogen-bond acceptors (Lipinski definition) is 3. The SMILES string of the molecule is C/C=C(Br)\C(=C/C)N(c1ccccc1)c1cccc(N(c2ccccc2)c2coc3ccccc23)c1. The number of benzene rings is 4. The highest BCUT2D eigenvalue weighted by Gasteiger charge is 2.21. The van der Waals surface area contributed by atoms with Gasteiger partial charge in [0.2, 0.25) is 0 Å². The molecule has 4 heteroatoms. The fraction of sp³-hybridized carbons (Fsp3) is 0.0625. The predicted octanol–water partition coefficient (Wildman–Crippen LogP) is 10.2. The molecule has 0 aliphatic carbocycles. The van der Waals surface area contributed by atoms with Gasteiger partial charge in [0.25, 0.3) is 0 Å². The van der Waals surface area contributed by atoms with E-state index in [-0.39, 0.29) is 0 Å². The van der Waals surface area contributed by atoms with Gasteiger partial charge in [-0.3, -0.25) is 0 Å². The molecule has 178 valence electrons. The zero-order chi connectivity index (χ0) is 24.9. The van der Waals surface area contributed by atoms with E-state index in [0.717, 1.165) is 49.6 Å². The first-order valence-corrected chi connectivity index (χ1v) is 12.8. The lowest BCUT2D eigenvalue weighted by atomic mass is 10.1. The van der Waals surface area contributed by atoms with E-state index in [1.807, 2.05) is 43.5 Å². The van der Waals surface area contributed by atoms with E-state index in [1.165, 1.54) is 0 Å². The molecule has 0 aliphatic rings. The summed E-state index contributed by atoms with van der Waals surface area (Å²) >= 11 is 3.77. The maximum atomic E-state index is 5.95. The van der Waals surface area contributed by atoms with E-state index in [1.54, 1.807) is 0 Å². The number of hydrogen-bond donors (Lipinski definition) is 0. The number of para-hydroxylation sites is 3. The van der Waals surface area contributed by atoms with Crippen molar-refractivity contribution in [2.24, 2.45) is 0 Å². The van der Waals surface area contributed by atoms with E-state index >= 15 is 0 Å². The van der Waals surface area contributed by atoms with Gasteiger partial charge >= 0.3 is 0 Å². The topological polar surface area (TPSA) is 19.6 Å². The summed E-state index contributed by atoms with van der Waals surface area (Å²) in [6.45, 7) is 4.10. The van der Waals surface area contributed by atoms with Crippen LogP contribution in [0, 0.1) is 0 Å². The van der Waals surface area contributed by atoms with Crippen molar-refractivity contribution in [2.45, 2.75) is 13.8 Å². The Hall–Kier alpha value is -4.02. The van der Waals surface area contributed by atoms with Gasteiger partial charge in [0.15, 0.2) is 0 Å². The smallest absolute Gasteiger partial charge is 0.136 e. The molecule has 4 aromatic carbocycles. The van der Waals surface area contributed by atoms with Crippen LogP contribution in [-0.2, 0) is 0 Å². The van der Waals surface area contributed by atoms with Crippen molar-refractivity contribution in [2.75, 3.05) is 9.80 Å². The maximum Gasteiger partial charge on any atom is 0.136 e. The molecule has 36 heavy (non-hydrogen) atoms. The lowest BCUT2D eigenvalue weighted by Gasteiger charge is -2.30. The van der Waals surface area contributed by atoms with Crippen LogP contribution in [0.1, 0.15) is 13.8 Å². The Morgan fingerprint density at radius 3 is 1.97 bits per heavy atom. The minimum atomic E-state index is 0.865. The third-order valence-electron chi connectivity index (χ3n) is 6.09. The fourth-order valence-electron chi connectivity index (χ4n) is 4.44. The van der Waals surface area contributed by atoms with Gasteiger partial charge in [-0.05, 0) is 84.4 Å². The van der Waals surface area contributed by atoms with E-state index in [0.29, 0.717) is 0 Å². The van der Waals surface area contributed by atoms with Crippen LogP contribution in [0.2, 0.25) is 0 Å². The first kappa shape index (κ1) is 23.7. The zero-order valence-corrected chi connectivity index (χ0v) is 21.9. The number of allylic oxidation sites excluding steroid dienone is 3. The van der Waals surface area contributed by atoms with Crippen LogP contribution >= 0.6 is 15.9 Å². The largest absolute Gasteiger partial charge is 0.462 e. The second-order valence-corrected chi connectivity index (χ2v) is 9.14. The van der Waals surface area contributed by atoms with Gasteiger partial charge in [-0.2, -0.15) is 0 Å². The van der Waals surface area contributed by atoms with Crippen LogP contribution in [-0.4, -0.2) is 0 Å². The van der Waals surface area contributed by atoms with Gasteiger partial charge in [0, 0.05) is 32.6 Å². The van der Waals surface area contributed by atoms with Crippen molar-refractivity contribution in [1.29, 1.82) is 0 Å². The highest BCUT2D eigenvalue weighted by Crippen LogP contribution is 2.42. The average Bonchev–Trinajstić information content (AvgIpc) is 3.36. The Morgan fingerprint density at radius 2 is 1.28 bits per heavy atom. The summed E-state index contributed by atoms with van der Waals surface area (Å²) in [5.41, 5.74) is 7.18. The Kier molecular flexibility index (Phi) is 7.06. The molecule has 0 atom stereocenters. The van der Waals surface area contributed by atoms with Gasteiger partial charge in [-0.25, -0.2) is 0 Å². The molecule has 0 unspecified atom stereocenters. The second kappa shape index (κ2) is 10.7. The number of anilines is 5. The normalized spacial score (nSPS) is 12.1. The highest BCUT2D eigenvalue weighted by atomic mass is 79.9. The van der Waals surface area contributed by atoms with Crippen molar-refractivity contribution < 1.29 is 4.42 Å². The first-order chi connectivity index (χ1) is 17.7. The number of fused-ring (bicyclic) bond motifs is 1. The molecule has 1 heterocycles. The molecular weight excluding hydrogens is 508 g/mol. The number of rotatable bonds is 7. The Bertz CT molecular complexity index is 1520. The number of furan rings is 1. The lowest BCUT2D eigenvalue weighted by Crippen LogP contribution is -2.17. The Labute approximate surface area is 220 Å². The van der Waals surface area contributed by atoms with Gasteiger partial charge in [0.05, 0.1) is 11.4 Å². The molecule has 1 aromatic heterocycles. The van der Waals surface area contributed by atoms with Crippen LogP contribution in [0.3, 0.4) is 0 Å². The first-order valence-electron chi connectivity index (χ1n) is 12.0. The summed E-state index contributed by atoms with van der Waals surface area (Å²) in [5, 5.41) is 1.07. The number of halogens is 1. The Morgan fingerprint density at radius 1 is 0.667 bits per heavy atom. The molecule has 3 nitrogen and oxygen atoms in total. The van der Waals surface area contributed by atoms with Crippen molar-refractivity contribution >= 4 is 55.3 Å². The molecule has 0 aliphatic heterocycles. The average molecular weight is 535 g/mol. The summed E-state index contributed by atoms with van der Waals surface area (Å²) in [7, 11) is 0. The molecule has 0 fully saturated rings. The van der Waals surface area contributed by atoms with Gasteiger partial charge in [0.1, 0.15) is 11.8 Å². The lowest BCUT2D eigenvalue weighted by molar-refractivity contribution is 0.616. The van der Waals surface area contributed by atoms with Crippen molar-refractivity contribution in [3.63, 3.8) is 0 Å². The minimum absolute atomic E-state index is 0.865.